The number of hydrogen-bond donors (Lipinski definition) is 3. The van der Waals surface area contributed by atoms with Gasteiger partial charge in [0.1, 0.15) is 11.8 Å². The van der Waals surface area contributed by atoms with Crippen molar-refractivity contribution in [2.24, 2.45) is 5.10 Å². The molecule has 0 unspecified atom stereocenters. The van der Waals surface area contributed by atoms with Crippen LogP contribution in [0.1, 0.15) is 15.9 Å². The molecule has 3 aromatic carbocycles. The van der Waals surface area contributed by atoms with E-state index in [1.54, 1.807) is 48.5 Å². The monoisotopic (exact) mass is 522 g/mol. The Morgan fingerprint density at radius 1 is 0.861 bits per heavy atom. The van der Waals surface area contributed by atoms with Crippen LogP contribution in [0.4, 0.5) is 11.4 Å². The molecule has 0 fully saturated rings. The van der Waals surface area contributed by atoms with Crippen LogP contribution in [0.2, 0.25) is 10.0 Å². The average molecular weight is 523 g/mol. The first-order valence-corrected chi connectivity index (χ1v) is 11.1. The molecule has 0 saturated carbocycles. The van der Waals surface area contributed by atoms with Gasteiger partial charge >= 0.3 is 11.8 Å². The third kappa shape index (κ3) is 5.77. The van der Waals surface area contributed by atoms with E-state index in [-0.39, 0.29) is 22.2 Å². The van der Waals surface area contributed by atoms with Gasteiger partial charge in [0.15, 0.2) is 0 Å². The van der Waals surface area contributed by atoms with Crippen molar-refractivity contribution < 1.29 is 18.8 Å². The third-order valence-corrected chi connectivity index (χ3v) is 5.35. The van der Waals surface area contributed by atoms with Crippen molar-refractivity contribution in [3.8, 4) is 0 Å². The average Bonchev–Trinajstić information content (AvgIpc) is 2.87. The van der Waals surface area contributed by atoms with E-state index in [9.17, 15) is 19.2 Å². The Morgan fingerprint density at radius 3 is 2.36 bits per heavy atom. The van der Waals surface area contributed by atoms with Crippen LogP contribution >= 0.6 is 23.2 Å². The van der Waals surface area contributed by atoms with Crippen LogP contribution in [0.15, 0.2) is 87.3 Å². The van der Waals surface area contributed by atoms with Crippen molar-refractivity contribution in [2.75, 3.05) is 10.6 Å². The predicted molar refractivity (Wildman–Crippen MR) is 138 cm³/mol. The number of benzene rings is 3. The fourth-order valence-corrected chi connectivity index (χ4v) is 3.42. The van der Waals surface area contributed by atoms with Crippen molar-refractivity contribution >= 4 is 69.5 Å². The summed E-state index contributed by atoms with van der Waals surface area (Å²) in [5, 5.41) is 9.81. The molecular formula is C25H16Cl2N4O5. The summed E-state index contributed by atoms with van der Waals surface area (Å²) in [6.07, 6.45) is 2.22. The number of rotatable bonds is 5. The van der Waals surface area contributed by atoms with Crippen molar-refractivity contribution in [3.05, 3.63) is 104 Å². The Bertz CT molecular complexity index is 1570. The van der Waals surface area contributed by atoms with E-state index in [0.29, 0.717) is 21.3 Å². The topological polar surface area (TPSA) is 130 Å². The van der Waals surface area contributed by atoms with Crippen molar-refractivity contribution in [3.63, 3.8) is 0 Å². The zero-order chi connectivity index (χ0) is 25.7. The molecule has 180 valence electrons. The number of hydrazone groups is 1. The SMILES string of the molecule is O=C(N/N=C\c1coc2ccc(Cl)cc2c1=O)C(=O)Nc1ccccc1C(=O)Nc1ccc(Cl)cc1. The van der Waals surface area contributed by atoms with E-state index in [2.05, 4.69) is 15.7 Å². The number of carbonyl (C=O) groups excluding carboxylic acids is 3. The van der Waals surface area contributed by atoms with Crippen LogP contribution in [-0.2, 0) is 9.59 Å². The molecule has 1 aromatic heterocycles. The van der Waals surface area contributed by atoms with Gasteiger partial charge in [-0.2, -0.15) is 5.10 Å². The minimum Gasteiger partial charge on any atom is -0.463 e. The maximum absolute atomic E-state index is 12.7. The van der Waals surface area contributed by atoms with E-state index in [1.807, 2.05) is 5.43 Å². The molecule has 4 aromatic rings. The predicted octanol–water partition coefficient (Wildman–Crippen LogP) is 4.44. The van der Waals surface area contributed by atoms with Gasteiger partial charge in [-0.3, -0.25) is 19.2 Å². The second kappa shape index (κ2) is 10.9. The summed E-state index contributed by atoms with van der Waals surface area (Å²) in [6.45, 7) is 0. The third-order valence-electron chi connectivity index (χ3n) is 4.86. The zero-order valence-electron chi connectivity index (χ0n) is 18.2. The molecule has 1 heterocycles. The molecular weight excluding hydrogens is 507 g/mol. The van der Waals surface area contributed by atoms with Crippen LogP contribution in [-0.4, -0.2) is 23.9 Å². The van der Waals surface area contributed by atoms with E-state index < -0.39 is 23.2 Å². The van der Waals surface area contributed by atoms with Gasteiger partial charge in [-0.05, 0) is 54.6 Å². The molecule has 4 rings (SSSR count). The lowest BCUT2D eigenvalue weighted by Crippen LogP contribution is -2.33. The minimum atomic E-state index is -1.12. The number of amides is 3. The molecule has 0 bridgehead atoms. The summed E-state index contributed by atoms with van der Waals surface area (Å²) in [5.74, 6) is -2.70. The van der Waals surface area contributed by atoms with Crippen molar-refractivity contribution in [2.45, 2.75) is 0 Å². The number of halogens is 2. The molecule has 0 radical (unpaired) electrons. The lowest BCUT2D eigenvalue weighted by atomic mass is 10.1. The highest BCUT2D eigenvalue weighted by Crippen LogP contribution is 2.19. The van der Waals surface area contributed by atoms with Crippen LogP contribution in [0, 0.1) is 0 Å². The molecule has 0 saturated heterocycles. The van der Waals surface area contributed by atoms with Crippen LogP contribution in [0.5, 0.6) is 0 Å². The second-order valence-corrected chi connectivity index (χ2v) is 8.19. The van der Waals surface area contributed by atoms with Gasteiger partial charge < -0.3 is 15.1 Å². The van der Waals surface area contributed by atoms with Gasteiger partial charge in [0, 0.05) is 15.7 Å². The van der Waals surface area contributed by atoms with E-state index >= 15 is 0 Å². The van der Waals surface area contributed by atoms with Gasteiger partial charge in [-0.1, -0.05) is 35.3 Å². The lowest BCUT2D eigenvalue weighted by molar-refractivity contribution is -0.136. The van der Waals surface area contributed by atoms with Crippen LogP contribution in [0.3, 0.4) is 0 Å². The quantitative estimate of drug-likeness (QED) is 0.202. The smallest absolute Gasteiger partial charge is 0.329 e. The lowest BCUT2D eigenvalue weighted by Gasteiger charge is -2.11. The first-order valence-electron chi connectivity index (χ1n) is 10.3. The van der Waals surface area contributed by atoms with Gasteiger partial charge in [0.05, 0.1) is 28.4 Å². The molecule has 0 aliphatic carbocycles. The normalized spacial score (nSPS) is 10.8. The van der Waals surface area contributed by atoms with E-state index in [0.717, 1.165) is 6.21 Å². The number of anilines is 2. The summed E-state index contributed by atoms with van der Waals surface area (Å²) in [5.41, 5.74) is 2.73. The van der Waals surface area contributed by atoms with Crippen LogP contribution < -0.4 is 21.5 Å². The number of para-hydroxylation sites is 1. The Balaban J connectivity index is 1.42. The summed E-state index contributed by atoms with van der Waals surface area (Å²) < 4.78 is 5.36. The number of fused-ring (bicyclic) bond motifs is 1. The Kier molecular flexibility index (Phi) is 7.43. The van der Waals surface area contributed by atoms with Gasteiger partial charge in [-0.25, -0.2) is 5.43 Å². The number of nitrogens with one attached hydrogen (secondary N) is 3. The first kappa shape index (κ1) is 24.6. The fourth-order valence-electron chi connectivity index (χ4n) is 3.12. The Hall–Kier alpha value is -4.47. The molecule has 11 heteroatoms. The summed E-state index contributed by atoms with van der Waals surface area (Å²) in [7, 11) is 0. The van der Waals surface area contributed by atoms with Crippen molar-refractivity contribution in [1.29, 1.82) is 0 Å². The van der Waals surface area contributed by atoms with E-state index in [1.165, 1.54) is 24.5 Å². The van der Waals surface area contributed by atoms with Crippen molar-refractivity contribution in [1.82, 2.24) is 5.43 Å². The maximum atomic E-state index is 12.7. The highest BCUT2D eigenvalue weighted by Gasteiger charge is 2.18. The number of hydrogen-bond acceptors (Lipinski definition) is 6. The largest absolute Gasteiger partial charge is 0.463 e. The number of carbonyl (C=O) groups is 3. The molecule has 0 aliphatic heterocycles. The highest BCUT2D eigenvalue weighted by atomic mass is 35.5. The molecule has 3 amide bonds. The Morgan fingerprint density at radius 2 is 1.58 bits per heavy atom. The molecule has 0 aliphatic rings. The number of nitrogens with zero attached hydrogens (tertiary/aromatic N) is 1. The summed E-state index contributed by atoms with van der Waals surface area (Å²) in [4.78, 5) is 49.8. The fraction of sp³-hybridized carbons (Fsp3) is 0. The standard InChI is InChI=1S/C25H16Cl2N4O5/c26-15-5-8-17(9-6-15)29-23(33)18-3-1-2-4-20(18)30-24(34)25(35)31-28-12-14-13-36-21-10-7-16(27)11-19(21)22(14)32/h1-13H,(H,29,33)(H,30,34)(H,31,35)/b28-12-. The summed E-state index contributed by atoms with van der Waals surface area (Å²) in [6, 6.07) is 17.2. The van der Waals surface area contributed by atoms with Gasteiger partial charge in [0.2, 0.25) is 5.43 Å². The molecule has 0 spiro atoms. The minimum absolute atomic E-state index is 0.0368. The molecule has 0 atom stereocenters. The molecule has 9 nitrogen and oxygen atoms in total. The first-order chi connectivity index (χ1) is 17.3. The Labute approximate surface area is 213 Å². The summed E-state index contributed by atoms with van der Waals surface area (Å²) >= 11 is 11.8. The van der Waals surface area contributed by atoms with Crippen LogP contribution in [0.25, 0.3) is 11.0 Å². The second-order valence-electron chi connectivity index (χ2n) is 7.32. The van der Waals surface area contributed by atoms with E-state index in [4.69, 9.17) is 27.6 Å². The molecule has 3 N–H and O–H groups in total. The highest BCUT2D eigenvalue weighted by molar-refractivity contribution is 6.40. The maximum Gasteiger partial charge on any atom is 0.329 e. The van der Waals surface area contributed by atoms with Gasteiger partial charge in [-0.15, -0.1) is 0 Å². The van der Waals surface area contributed by atoms with Gasteiger partial charge in [0.25, 0.3) is 5.91 Å². The molecule has 36 heavy (non-hydrogen) atoms. The zero-order valence-corrected chi connectivity index (χ0v) is 19.8.